The zero-order chi connectivity index (χ0) is 28.1. The number of hydrogen-bond acceptors (Lipinski definition) is 7. The second kappa shape index (κ2) is 9.35. The summed E-state index contributed by atoms with van der Waals surface area (Å²) < 4.78 is 3.07. The van der Waals surface area contributed by atoms with Crippen LogP contribution in [0.25, 0.3) is 16.9 Å². The molecule has 0 radical (unpaired) electrons. The van der Waals surface area contributed by atoms with E-state index in [1.165, 1.54) is 15.8 Å². The van der Waals surface area contributed by atoms with Gasteiger partial charge in [0, 0.05) is 30.4 Å². The van der Waals surface area contributed by atoms with Gasteiger partial charge in [0.2, 0.25) is 5.95 Å². The van der Waals surface area contributed by atoms with Gasteiger partial charge >= 0.3 is 6.09 Å². The molecular formula is C28H31N7O4. The maximum Gasteiger partial charge on any atom is 0.407 e. The third-order valence-corrected chi connectivity index (χ3v) is 6.86. The lowest BCUT2D eigenvalue weighted by Crippen LogP contribution is -2.44. The number of nitrogens with one attached hydrogen (secondary N) is 1. The third kappa shape index (κ3) is 4.76. The number of amides is 1. The van der Waals surface area contributed by atoms with Crippen molar-refractivity contribution in [2.24, 2.45) is 0 Å². The summed E-state index contributed by atoms with van der Waals surface area (Å²) in [5, 5.41) is 23.6. The van der Waals surface area contributed by atoms with Crippen LogP contribution in [-0.4, -0.2) is 52.1 Å². The van der Waals surface area contributed by atoms with Gasteiger partial charge in [-0.25, -0.2) is 24.1 Å². The molecule has 3 N–H and O–H groups in total. The van der Waals surface area contributed by atoms with Crippen molar-refractivity contribution in [2.45, 2.75) is 51.8 Å². The average molecular weight is 530 g/mol. The van der Waals surface area contributed by atoms with E-state index in [2.05, 4.69) is 26.8 Å². The van der Waals surface area contributed by atoms with E-state index in [1.807, 2.05) is 32.0 Å². The quantitative estimate of drug-likeness (QED) is 0.320. The molecule has 4 aromatic rings. The Hall–Kier alpha value is -4.51. The van der Waals surface area contributed by atoms with Crippen LogP contribution in [0.2, 0.25) is 0 Å². The molecule has 0 fully saturated rings. The van der Waals surface area contributed by atoms with Gasteiger partial charge in [-0.1, -0.05) is 32.1 Å². The number of anilines is 2. The lowest BCUT2D eigenvalue weighted by atomic mass is 9.78. The van der Waals surface area contributed by atoms with Crippen LogP contribution in [0, 0.1) is 0 Å². The summed E-state index contributed by atoms with van der Waals surface area (Å²) in [6.07, 6.45) is 2.12. The van der Waals surface area contributed by atoms with Crippen LogP contribution in [0.1, 0.15) is 44.5 Å². The fourth-order valence-electron chi connectivity index (χ4n) is 5.04. The number of allylic oxidation sites excluding steroid dienone is 1. The predicted octanol–water partition coefficient (Wildman–Crippen LogP) is 3.91. The van der Waals surface area contributed by atoms with Gasteiger partial charge in [-0.2, -0.15) is 4.98 Å². The first kappa shape index (κ1) is 26.1. The highest BCUT2D eigenvalue weighted by molar-refractivity contribution is 5.77. The Bertz CT molecular complexity index is 1660. The van der Waals surface area contributed by atoms with E-state index >= 15 is 0 Å². The summed E-state index contributed by atoms with van der Waals surface area (Å²) in [4.78, 5) is 40.0. The van der Waals surface area contributed by atoms with Gasteiger partial charge in [0.15, 0.2) is 11.5 Å². The Labute approximate surface area is 225 Å². The molecule has 1 aliphatic rings. The molecule has 11 nitrogen and oxygen atoms in total. The standard InChI is InChI=1S/C28H31N7O4/c1-6-12-34-24(36)19-14-29-25(32-23(19)35(34)22-9-7-8-21(31-22)28(4,5)39)30-18-10-11-20-17(13-18)15-33(26(37)38)16-27(20,2)3/h6-11,13-14,39H,1,12,15-16H2,2-5H3,(H,37,38)(H,29,30,32). The molecule has 0 saturated carbocycles. The van der Waals surface area contributed by atoms with Crippen molar-refractivity contribution in [3.8, 4) is 5.82 Å². The number of carboxylic acid groups (broad SMARTS) is 1. The molecular weight excluding hydrogens is 498 g/mol. The minimum atomic E-state index is -1.18. The van der Waals surface area contributed by atoms with Crippen molar-refractivity contribution in [2.75, 3.05) is 11.9 Å². The Morgan fingerprint density at radius 1 is 1.23 bits per heavy atom. The van der Waals surface area contributed by atoms with E-state index in [9.17, 15) is 19.8 Å². The summed E-state index contributed by atoms with van der Waals surface area (Å²) in [5.41, 5.74) is 1.68. The number of hydrogen-bond donors (Lipinski definition) is 3. The third-order valence-electron chi connectivity index (χ3n) is 6.86. The van der Waals surface area contributed by atoms with Crippen LogP contribution in [0.5, 0.6) is 0 Å². The Morgan fingerprint density at radius 3 is 2.69 bits per heavy atom. The Balaban J connectivity index is 1.58. The molecule has 1 aliphatic heterocycles. The highest BCUT2D eigenvalue weighted by atomic mass is 16.4. The van der Waals surface area contributed by atoms with E-state index in [4.69, 9.17) is 0 Å². The fourth-order valence-corrected chi connectivity index (χ4v) is 5.04. The molecule has 3 aromatic heterocycles. The molecule has 11 heteroatoms. The van der Waals surface area contributed by atoms with Crippen molar-refractivity contribution >= 4 is 28.8 Å². The first-order valence-electron chi connectivity index (χ1n) is 12.6. The van der Waals surface area contributed by atoms with Gasteiger partial charge < -0.3 is 20.4 Å². The van der Waals surface area contributed by atoms with Crippen LogP contribution in [0.4, 0.5) is 16.4 Å². The molecule has 0 saturated heterocycles. The minimum Gasteiger partial charge on any atom is -0.465 e. The maximum absolute atomic E-state index is 13.2. The fraction of sp³-hybridized carbons (Fsp3) is 0.321. The zero-order valence-corrected chi connectivity index (χ0v) is 22.3. The van der Waals surface area contributed by atoms with E-state index < -0.39 is 11.7 Å². The number of aliphatic hydroxyl groups is 1. The van der Waals surface area contributed by atoms with Crippen LogP contribution in [0.3, 0.4) is 0 Å². The molecule has 0 bridgehead atoms. The van der Waals surface area contributed by atoms with Crippen LogP contribution in [0.15, 0.2) is 60.0 Å². The van der Waals surface area contributed by atoms with Crippen LogP contribution < -0.4 is 10.9 Å². The molecule has 0 atom stereocenters. The largest absolute Gasteiger partial charge is 0.465 e. The first-order valence-corrected chi connectivity index (χ1v) is 12.6. The molecule has 39 heavy (non-hydrogen) atoms. The van der Waals surface area contributed by atoms with Crippen LogP contribution in [-0.2, 0) is 24.1 Å². The Kier molecular flexibility index (Phi) is 6.26. The Morgan fingerprint density at radius 2 is 2.00 bits per heavy atom. The lowest BCUT2D eigenvalue weighted by Gasteiger charge is -2.38. The number of carbonyl (C=O) groups is 1. The number of nitrogens with zero attached hydrogens (tertiary/aromatic N) is 6. The second-order valence-corrected chi connectivity index (χ2v) is 10.9. The normalized spacial score (nSPS) is 14.7. The molecule has 1 amide bonds. The summed E-state index contributed by atoms with van der Waals surface area (Å²) in [6, 6.07) is 11.0. The molecule has 5 rings (SSSR count). The summed E-state index contributed by atoms with van der Waals surface area (Å²) >= 11 is 0. The van der Waals surface area contributed by atoms with Gasteiger partial charge in [0.1, 0.15) is 11.0 Å². The number of pyridine rings is 1. The van der Waals surface area contributed by atoms with E-state index in [0.717, 1.165) is 11.1 Å². The summed E-state index contributed by atoms with van der Waals surface area (Å²) in [7, 11) is 0. The van der Waals surface area contributed by atoms with Gasteiger partial charge in [0.25, 0.3) is 5.56 Å². The van der Waals surface area contributed by atoms with Gasteiger partial charge in [-0.3, -0.25) is 4.79 Å². The number of aromatic nitrogens is 5. The average Bonchev–Trinajstić information content (AvgIpc) is 3.14. The zero-order valence-electron chi connectivity index (χ0n) is 22.3. The molecule has 0 aliphatic carbocycles. The van der Waals surface area contributed by atoms with Gasteiger partial charge in [0.05, 0.1) is 12.2 Å². The highest BCUT2D eigenvalue weighted by Gasteiger charge is 2.34. The number of benzene rings is 1. The predicted molar refractivity (Wildman–Crippen MR) is 148 cm³/mol. The summed E-state index contributed by atoms with van der Waals surface area (Å²) in [5.74, 6) is 0.675. The minimum absolute atomic E-state index is 0.215. The maximum atomic E-state index is 13.2. The van der Waals surface area contributed by atoms with Crippen molar-refractivity contribution in [3.05, 3.63) is 82.4 Å². The molecule has 1 aromatic carbocycles. The lowest BCUT2D eigenvalue weighted by molar-refractivity contribution is 0.0738. The van der Waals surface area contributed by atoms with E-state index in [-0.39, 0.29) is 30.0 Å². The summed E-state index contributed by atoms with van der Waals surface area (Å²) in [6.45, 7) is 12.0. The molecule has 0 unspecified atom stereocenters. The van der Waals surface area contributed by atoms with Crippen molar-refractivity contribution in [3.63, 3.8) is 0 Å². The highest BCUT2D eigenvalue weighted by Crippen LogP contribution is 2.35. The number of fused-ring (bicyclic) bond motifs is 2. The van der Waals surface area contributed by atoms with Crippen molar-refractivity contribution in [1.82, 2.24) is 29.2 Å². The molecule has 0 spiro atoms. The van der Waals surface area contributed by atoms with Gasteiger partial charge in [-0.15, -0.1) is 6.58 Å². The number of rotatable bonds is 6. The molecule has 4 heterocycles. The van der Waals surface area contributed by atoms with Crippen LogP contribution >= 0.6 is 0 Å². The SMILES string of the molecule is C=CCn1c(=O)c2cnc(Nc3ccc4c(c3)CN(C(=O)O)CC4(C)C)nc2n1-c1cccc(C(C)(C)O)n1. The van der Waals surface area contributed by atoms with E-state index in [1.54, 1.807) is 42.8 Å². The van der Waals surface area contributed by atoms with Crippen molar-refractivity contribution in [1.29, 1.82) is 0 Å². The van der Waals surface area contributed by atoms with Gasteiger partial charge in [-0.05, 0) is 49.2 Å². The molecule has 202 valence electrons. The second-order valence-electron chi connectivity index (χ2n) is 10.9. The van der Waals surface area contributed by atoms with Crippen molar-refractivity contribution < 1.29 is 15.0 Å². The monoisotopic (exact) mass is 529 g/mol. The topological polar surface area (TPSA) is 138 Å². The smallest absolute Gasteiger partial charge is 0.407 e. The first-order chi connectivity index (χ1) is 18.4. The van der Waals surface area contributed by atoms with E-state index in [0.29, 0.717) is 34.8 Å².